The molecule has 0 saturated carbocycles. The van der Waals surface area contributed by atoms with E-state index < -0.39 is 6.04 Å². The zero-order valence-corrected chi connectivity index (χ0v) is 23.5. The average Bonchev–Trinajstić information content (AvgIpc) is 2.85. The number of likely N-dealkylation sites (N-methyl/N-ethyl adjacent to an activating group) is 1. The first-order valence-corrected chi connectivity index (χ1v) is 14.0. The van der Waals surface area contributed by atoms with Gasteiger partial charge in [-0.05, 0) is 42.3 Å². The number of amides is 2. The van der Waals surface area contributed by atoms with E-state index in [1.807, 2.05) is 43.3 Å². The molecule has 3 aromatic carbocycles. The first-order chi connectivity index (χ1) is 17.3. The molecule has 3 rings (SSSR count). The van der Waals surface area contributed by atoms with E-state index in [0.29, 0.717) is 44.4 Å². The average molecular weight is 584 g/mol. The van der Waals surface area contributed by atoms with E-state index in [4.69, 9.17) is 46.4 Å². The van der Waals surface area contributed by atoms with Gasteiger partial charge in [-0.2, -0.15) is 0 Å². The molecule has 0 aliphatic heterocycles. The van der Waals surface area contributed by atoms with Gasteiger partial charge in [-0.15, -0.1) is 11.8 Å². The van der Waals surface area contributed by atoms with Gasteiger partial charge < -0.3 is 10.2 Å². The zero-order chi connectivity index (χ0) is 26.1. The van der Waals surface area contributed by atoms with Crippen LogP contribution in [0.25, 0.3) is 0 Å². The van der Waals surface area contributed by atoms with Crippen LogP contribution in [0.2, 0.25) is 20.1 Å². The number of carbonyl (C=O) groups is 2. The van der Waals surface area contributed by atoms with Crippen molar-refractivity contribution in [3.8, 4) is 0 Å². The highest BCUT2D eigenvalue weighted by molar-refractivity contribution is 7.99. The zero-order valence-electron chi connectivity index (χ0n) is 19.6. The van der Waals surface area contributed by atoms with Gasteiger partial charge in [0.1, 0.15) is 6.04 Å². The smallest absolute Gasteiger partial charge is 0.243 e. The first kappa shape index (κ1) is 28.7. The van der Waals surface area contributed by atoms with Gasteiger partial charge in [-0.25, -0.2) is 0 Å². The summed E-state index contributed by atoms with van der Waals surface area (Å²) in [6, 6.07) is 19.3. The van der Waals surface area contributed by atoms with E-state index in [2.05, 4.69) is 5.32 Å². The molecule has 3 aromatic rings. The van der Waals surface area contributed by atoms with E-state index in [0.717, 1.165) is 11.1 Å². The van der Waals surface area contributed by atoms with E-state index >= 15 is 0 Å². The number of nitrogens with zero attached hydrogens (tertiary/aromatic N) is 1. The fourth-order valence-corrected chi connectivity index (χ4v) is 5.66. The fraction of sp³-hybridized carbons (Fsp3) is 0.259. The van der Waals surface area contributed by atoms with Crippen LogP contribution in [0.3, 0.4) is 0 Å². The van der Waals surface area contributed by atoms with Crippen molar-refractivity contribution >= 4 is 70.0 Å². The van der Waals surface area contributed by atoms with Crippen LogP contribution >= 0.6 is 58.2 Å². The molecule has 0 spiro atoms. The topological polar surface area (TPSA) is 49.4 Å². The number of halogens is 4. The molecule has 0 bridgehead atoms. The maximum Gasteiger partial charge on any atom is 0.243 e. The van der Waals surface area contributed by atoms with Crippen LogP contribution in [0.15, 0.2) is 66.7 Å². The van der Waals surface area contributed by atoms with Crippen LogP contribution in [0.4, 0.5) is 0 Å². The molecule has 190 valence electrons. The highest BCUT2D eigenvalue weighted by atomic mass is 35.5. The molecule has 1 atom stereocenters. The Morgan fingerprint density at radius 2 is 1.61 bits per heavy atom. The van der Waals surface area contributed by atoms with Crippen LogP contribution in [-0.4, -0.2) is 35.1 Å². The van der Waals surface area contributed by atoms with Gasteiger partial charge in [-0.1, -0.05) is 88.9 Å². The van der Waals surface area contributed by atoms with Crippen LogP contribution in [0, 0.1) is 0 Å². The summed E-state index contributed by atoms with van der Waals surface area (Å²) in [5.41, 5.74) is 2.42. The van der Waals surface area contributed by atoms with Crippen molar-refractivity contribution in [2.45, 2.75) is 31.7 Å². The third-order valence-corrected chi connectivity index (χ3v) is 7.77. The van der Waals surface area contributed by atoms with E-state index in [1.54, 1.807) is 35.2 Å². The summed E-state index contributed by atoms with van der Waals surface area (Å²) in [5, 5.41) is 4.86. The number of hydrogen-bond acceptors (Lipinski definition) is 3. The fourth-order valence-electron chi connectivity index (χ4n) is 3.67. The molecule has 0 fully saturated rings. The highest BCUT2D eigenvalue weighted by Gasteiger charge is 2.31. The Balaban J connectivity index is 1.88. The summed E-state index contributed by atoms with van der Waals surface area (Å²) in [7, 11) is 0. The summed E-state index contributed by atoms with van der Waals surface area (Å²) in [6.45, 7) is 2.40. The highest BCUT2D eigenvalue weighted by Crippen LogP contribution is 2.29. The van der Waals surface area contributed by atoms with E-state index in [-0.39, 0.29) is 24.1 Å². The SMILES string of the molecule is CCNC(=O)[C@H](Cc1ccccc1)N(Cc1c(Cl)cccc1Cl)C(=O)CSCc1ccc(Cl)cc1Cl. The maximum absolute atomic E-state index is 13.6. The maximum atomic E-state index is 13.6. The second kappa shape index (κ2) is 14.2. The minimum atomic E-state index is -0.744. The molecule has 36 heavy (non-hydrogen) atoms. The predicted molar refractivity (Wildman–Crippen MR) is 152 cm³/mol. The lowest BCUT2D eigenvalue weighted by Crippen LogP contribution is -2.51. The molecule has 0 aromatic heterocycles. The quantitative estimate of drug-likeness (QED) is 0.257. The minimum Gasteiger partial charge on any atom is -0.355 e. The standard InChI is InChI=1S/C27H26Cl4N2O2S/c1-2-32-27(35)25(13-18-7-4-3-5-8-18)33(15-21-22(29)9-6-10-23(21)30)26(34)17-36-16-19-11-12-20(28)14-24(19)31/h3-12,14,25H,2,13,15-17H2,1H3,(H,32,35)/t25-/m0/s1. The van der Waals surface area contributed by atoms with Gasteiger partial charge >= 0.3 is 0 Å². The van der Waals surface area contributed by atoms with Gasteiger partial charge in [0.05, 0.1) is 5.75 Å². The molecule has 1 N–H and O–H groups in total. The number of carbonyl (C=O) groups excluding carboxylic acids is 2. The van der Waals surface area contributed by atoms with Crippen LogP contribution in [-0.2, 0) is 28.3 Å². The molecule has 0 aliphatic rings. The molecule has 0 saturated heterocycles. The number of benzene rings is 3. The van der Waals surface area contributed by atoms with Crippen LogP contribution < -0.4 is 5.32 Å². The van der Waals surface area contributed by atoms with Crippen molar-refractivity contribution in [1.29, 1.82) is 0 Å². The summed E-state index contributed by atoms with van der Waals surface area (Å²) in [4.78, 5) is 28.4. The summed E-state index contributed by atoms with van der Waals surface area (Å²) < 4.78 is 0. The minimum absolute atomic E-state index is 0.105. The lowest BCUT2D eigenvalue weighted by atomic mass is 10.0. The molecular weight excluding hydrogens is 558 g/mol. The molecule has 4 nitrogen and oxygen atoms in total. The Labute approximate surface area is 236 Å². The Hall–Kier alpha value is -1.89. The van der Waals surface area contributed by atoms with Crippen molar-refractivity contribution in [2.75, 3.05) is 12.3 Å². The number of thioether (sulfide) groups is 1. The van der Waals surface area contributed by atoms with Crippen LogP contribution in [0.1, 0.15) is 23.6 Å². The molecule has 2 amide bonds. The molecule has 0 heterocycles. The van der Waals surface area contributed by atoms with Crippen molar-refractivity contribution in [3.05, 3.63) is 104 Å². The number of hydrogen-bond donors (Lipinski definition) is 1. The second-order valence-electron chi connectivity index (χ2n) is 8.05. The first-order valence-electron chi connectivity index (χ1n) is 11.4. The Morgan fingerprint density at radius 1 is 0.917 bits per heavy atom. The molecular formula is C27H26Cl4N2O2S. The van der Waals surface area contributed by atoms with Crippen molar-refractivity contribution in [1.82, 2.24) is 10.2 Å². The predicted octanol–water partition coefficient (Wildman–Crippen LogP) is 7.31. The number of nitrogens with one attached hydrogen (secondary N) is 1. The second-order valence-corrected chi connectivity index (χ2v) is 10.7. The number of rotatable bonds is 11. The summed E-state index contributed by atoms with van der Waals surface area (Å²) in [5.74, 6) is 0.232. The Bertz CT molecular complexity index is 1170. The Kier molecular flexibility index (Phi) is 11.3. The van der Waals surface area contributed by atoms with E-state index in [9.17, 15) is 9.59 Å². The lowest BCUT2D eigenvalue weighted by molar-refractivity contribution is -0.139. The monoisotopic (exact) mass is 582 g/mol. The molecule has 0 unspecified atom stereocenters. The van der Waals surface area contributed by atoms with Gasteiger partial charge in [0.15, 0.2) is 0 Å². The molecule has 0 radical (unpaired) electrons. The van der Waals surface area contributed by atoms with Gasteiger partial charge in [-0.3, -0.25) is 9.59 Å². The molecule has 9 heteroatoms. The molecule has 0 aliphatic carbocycles. The van der Waals surface area contributed by atoms with Crippen LogP contribution in [0.5, 0.6) is 0 Å². The largest absolute Gasteiger partial charge is 0.355 e. The van der Waals surface area contributed by atoms with E-state index in [1.165, 1.54) is 11.8 Å². The summed E-state index contributed by atoms with van der Waals surface area (Å²) >= 11 is 26.6. The van der Waals surface area contributed by atoms with Gasteiger partial charge in [0.25, 0.3) is 0 Å². The van der Waals surface area contributed by atoms with Gasteiger partial charge in [0, 0.05) is 50.9 Å². The summed E-state index contributed by atoms with van der Waals surface area (Å²) in [6.07, 6.45) is 0.355. The van der Waals surface area contributed by atoms with Gasteiger partial charge in [0.2, 0.25) is 11.8 Å². The lowest BCUT2D eigenvalue weighted by Gasteiger charge is -2.32. The third-order valence-electron chi connectivity index (χ3n) is 5.51. The normalized spacial score (nSPS) is 11.7. The van der Waals surface area contributed by atoms with Crippen molar-refractivity contribution in [2.24, 2.45) is 0 Å². The third kappa shape index (κ3) is 8.06. The van der Waals surface area contributed by atoms with Crippen molar-refractivity contribution in [3.63, 3.8) is 0 Å². The van der Waals surface area contributed by atoms with Crippen molar-refractivity contribution < 1.29 is 9.59 Å². The Morgan fingerprint density at radius 3 is 2.25 bits per heavy atom.